The molecular formula is C12H11BrFNO. The molecule has 0 heterocycles. The highest BCUT2D eigenvalue weighted by Crippen LogP contribution is 2.25. The standard InChI is InChI=1S/C12H11BrFNO/c13-10-7-9(14)5-6-11(10)15-12(16)8-3-1-2-4-8/h1-2,5-8H,3-4H2,(H,15,16). The summed E-state index contributed by atoms with van der Waals surface area (Å²) in [5.74, 6) is -0.332. The van der Waals surface area contributed by atoms with Gasteiger partial charge in [0.15, 0.2) is 0 Å². The number of allylic oxidation sites excluding steroid dienone is 2. The number of carbonyl (C=O) groups excluding carboxylic acids is 1. The number of hydrogen-bond acceptors (Lipinski definition) is 1. The van der Waals surface area contributed by atoms with E-state index in [0.717, 1.165) is 12.8 Å². The fourth-order valence-electron chi connectivity index (χ4n) is 1.66. The van der Waals surface area contributed by atoms with Gasteiger partial charge in [-0.1, -0.05) is 12.2 Å². The van der Waals surface area contributed by atoms with Gasteiger partial charge >= 0.3 is 0 Å². The van der Waals surface area contributed by atoms with Gasteiger partial charge in [-0.15, -0.1) is 0 Å². The Balaban J connectivity index is 2.06. The van der Waals surface area contributed by atoms with Crippen LogP contribution in [0.25, 0.3) is 0 Å². The second-order valence-electron chi connectivity index (χ2n) is 3.75. The summed E-state index contributed by atoms with van der Waals surface area (Å²) >= 11 is 3.21. The number of halogens is 2. The van der Waals surface area contributed by atoms with Gasteiger partial charge in [0.05, 0.1) is 5.69 Å². The highest BCUT2D eigenvalue weighted by atomic mass is 79.9. The number of amides is 1. The lowest BCUT2D eigenvalue weighted by Gasteiger charge is -2.11. The lowest BCUT2D eigenvalue weighted by Crippen LogP contribution is -2.20. The molecule has 0 atom stereocenters. The third-order valence-electron chi connectivity index (χ3n) is 2.57. The van der Waals surface area contributed by atoms with Crippen LogP contribution in [0.5, 0.6) is 0 Å². The minimum absolute atomic E-state index is 0.0111. The average molecular weight is 284 g/mol. The summed E-state index contributed by atoms with van der Waals surface area (Å²) in [6.07, 6.45) is 5.57. The van der Waals surface area contributed by atoms with Crippen molar-refractivity contribution >= 4 is 27.5 Å². The van der Waals surface area contributed by atoms with Crippen LogP contribution < -0.4 is 5.32 Å². The zero-order valence-corrected chi connectivity index (χ0v) is 10.1. The first-order chi connectivity index (χ1) is 7.66. The Morgan fingerprint density at radius 3 is 2.69 bits per heavy atom. The van der Waals surface area contributed by atoms with Gasteiger partial charge < -0.3 is 5.32 Å². The molecule has 1 aliphatic rings. The van der Waals surface area contributed by atoms with E-state index in [-0.39, 0.29) is 17.6 Å². The minimum Gasteiger partial charge on any atom is -0.325 e. The number of nitrogens with one attached hydrogen (secondary N) is 1. The van der Waals surface area contributed by atoms with E-state index < -0.39 is 0 Å². The molecule has 2 rings (SSSR count). The van der Waals surface area contributed by atoms with Crippen molar-refractivity contribution in [2.45, 2.75) is 12.8 Å². The predicted octanol–water partition coefficient (Wildman–Crippen LogP) is 3.49. The summed E-state index contributed by atoms with van der Waals surface area (Å²) in [5, 5.41) is 2.79. The minimum atomic E-state index is -0.326. The summed E-state index contributed by atoms with van der Waals surface area (Å²) in [6.45, 7) is 0. The lowest BCUT2D eigenvalue weighted by atomic mass is 10.1. The molecule has 0 unspecified atom stereocenters. The van der Waals surface area contributed by atoms with Gasteiger partial charge in [-0.2, -0.15) is 0 Å². The molecule has 2 nitrogen and oxygen atoms in total. The molecule has 0 aliphatic heterocycles. The van der Waals surface area contributed by atoms with E-state index in [0.29, 0.717) is 10.2 Å². The fourth-order valence-corrected chi connectivity index (χ4v) is 2.11. The van der Waals surface area contributed by atoms with Crippen LogP contribution in [0.15, 0.2) is 34.8 Å². The lowest BCUT2D eigenvalue weighted by molar-refractivity contribution is -0.119. The Hall–Kier alpha value is -1.16. The highest BCUT2D eigenvalue weighted by molar-refractivity contribution is 9.10. The second kappa shape index (κ2) is 4.78. The van der Waals surface area contributed by atoms with E-state index in [1.807, 2.05) is 12.2 Å². The van der Waals surface area contributed by atoms with Crippen LogP contribution in [0, 0.1) is 11.7 Å². The number of hydrogen-bond donors (Lipinski definition) is 1. The van der Waals surface area contributed by atoms with E-state index in [9.17, 15) is 9.18 Å². The van der Waals surface area contributed by atoms with E-state index in [2.05, 4.69) is 21.2 Å². The largest absolute Gasteiger partial charge is 0.325 e. The summed E-state index contributed by atoms with van der Waals surface area (Å²) in [4.78, 5) is 11.8. The fraction of sp³-hybridized carbons (Fsp3) is 0.250. The van der Waals surface area contributed by atoms with Crippen LogP contribution in [-0.2, 0) is 4.79 Å². The van der Waals surface area contributed by atoms with Crippen LogP contribution >= 0.6 is 15.9 Å². The van der Waals surface area contributed by atoms with Crippen molar-refractivity contribution in [3.8, 4) is 0 Å². The van der Waals surface area contributed by atoms with E-state index >= 15 is 0 Å². The Morgan fingerprint density at radius 1 is 1.38 bits per heavy atom. The first kappa shape index (κ1) is 11.3. The third-order valence-corrected chi connectivity index (χ3v) is 3.22. The van der Waals surface area contributed by atoms with Crippen LogP contribution in [0.4, 0.5) is 10.1 Å². The van der Waals surface area contributed by atoms with E-state index in [1.54, 1.807) is 6.07 Å². The molecule has 0 saturated carbocycles. The zero-order chi connectivity index (χ0) is 11.5. The van der Waals surface area contributed by atoms with Gasteiger partial charge in [0.2, 0.25) is 5.91 Å². The average Bonchev–Trinajstić information content (AvgIpc) is 2.75. The molecule has 4 heteroatoms. The molecule has 1 aromatic rings. The zero-order valence-electron chi connectivity index (χ0n) is 8.54. The van der Waals surface area contributed by atoms with Gasteiger partial charge in [0.25, 0.3) is 0 Å². The van der Waals surface area contributed by atoms with Crippen LogP contribution in [0.1, 0.15) is 12.8 Å². The Morgan fingerprint density at radius 2 is 2.06 bits per heavy atom. The first-order valence-corrected chi connectivity index (χ1v) is 5.87. The second-order valence-corrected chi connectivity index (χ2v) is 4.61. The smallest absolute Gasteiger partial charge is 0.228 e. The van der Waals surface area contributed by atoms with Crippen molar-refractivity contribution < 1.29 is 9.18 Å². The Kier molecular flexibility index (Phi) is 3.39. The summed E-state index contributed by atoms with van der Waals surface area (Å²) in [6, 6.07) is 4.22. The highest BCUT2D eigenvalue weighted by Gasteiger charge is 2.19. The van der Waals surface area contributed by atoms with Crippen LogP contribution in [0.2, 0.25) is 0 Å². The number of rotatable bonds is 2. The quantitative estimate of drug-likeness (QED) is 0.827. The molecule has 0 radical (unpaired) electrons. The Bertz CT molecular complexity index is 437. The maximum Gasteiger partial charge on any atom is 0.228 e. The molecule has 84 valence electrons. The SMILES string of the molecule is O=C(Nc1ccc(F)cc1Br)C1CC=CC1. The van der Waals surface area contributed by atoms with Crippen molar-refractivity contribution in [3.05, 3.63) is 40.6 Å². The van der Waals surface area contributed by atoms with Crippen LogP contribution in [-0.4, -0.2) is 5.91 Å². The molecule has 0 fully saturated rings. The van der Waals surface area contributed by atoms with Crippen molar-refractivity contribution in [3.63, 3.8) is 0 Å². The van der Waals surface area contributed by atoms with Crippen molar-refractivity contribution in [1.82, 2.24) is 0 Å². The molecule has 1 aromatic carbocycles. The number of carbonyl (C=O) groups is 1. The molecule has 1 N–H and O–H groups in total. The maximum absolute atomic E-state index is 12.8. The summed E-state index contributed by atoms with van der Waals surface area (Å²) in [5.41, 5.74) is 0.610. The monoisotopic (exact) mass is 283 g/mol. The van der Waals surface area contributed by atoms with Gasteiger partial charge in [0, 0.05) is 10.4 Å². The number of anilines is 1. The van der Waals surface area contributed by atoms with Crippen molar-refractivity contribution in [2.24, 2.45) is 5.92 Å². The summed E-state index contributed by atoms with van der Waals surface area (Å²) in [7, 11) is 0. The summed E-state index contributed by atoms with van der Waals surface area (Å²) < 4.78 is 13.4. The number of benzene rings is 1. The van der Waals surface area contributed by atoms with Crippen molar-refractivity contribution in [2.75, 3.05) is 5.32 Å². The first-order valence-electron chi connectivity index (χ1n) is 5.08. The van der Waals surface area contributed by atoms with Gasteiger partial charge in [-0.3, -0.25) is 4.79 Å². The van der Waals surface area contributed by atoms with Crippen LogP contribution in [0.3, 0.4) is 0 Å². The molecule has 16 heavy (non-hydrogen) atoms. The molecule has 1 amide bonds. The van der Waals surface area contributed by atoms with Gasteiger partial charge in [-0.25, -0.2) is 4.39 Å². The maximum atomic E-state index is 12.8. The molecule has 0 aromatic heterocycles. The van der Waals surface area contributed by atoms with E-state index in [1.165, 1.54) is 12.1 Å². The molecule has 1 aliphatic carbocycles. The molecular weight excluding hydrogens is 273 g/mol. The molecule has 0 spiro atoms. The molecule has 0 bridgehead atoms. The van der Waals surface area contributed by atoms with Gasteiger partial charge in [-0.05, 0) is 47.0 Å². The normalized spacial score (nSPS) is 15.4. The predicted molar refractivity (Wildman–Crippen MR) is 64.6 cm³/mol. The van der Waals surface area contributed by atoms with Gasteiger partial charge in [0.1, 0.15) is 5.82 Å². The molecule has 0 saturated heterocycles. The topological polar surface area (TPSA) is 29.1 Å². The third kappa shape index (κ3) is 2.50. The van der Waals surface area contributed by atoms with E-state index in [4.69, 9.17) is 0 Å². The van der Waals surface area contributed by atoms with Crippen molar-refractivity contribution in [1.29, 1.82) is 0 Å². The Labute approximate surface area is 102 Å².